The van der Waals surface area contributed by atoms with E-state index in [0.717, 1.165) is 17.0 Å². The molecule has 0 amide bonds. The summed E-state index contributed by atoms with van der Waals surface area (Å²) in [6.07, 6.45) is 0.101. The van der Waals surface area contributed by atoms with Crippen LogP contribution in [-0.4, -0.2) is 26.8 Å². The topological polar surface area (TPSA) is 95.1 Å². The number of benzene rings is 2. The van der Waals surface area contributed by atoms with Crippen molar-refractivity contribution in [3.8, 4) is 5.75 Å². The second kappa shape index (κ2) is 7.26. The number of aryl methyl sites for hydroxylation is 1. The lowest BCUT2D eigenvalue weighted by molar-refractivity contribution is 0.0948. The highest BCUT2D eigenvalue weighted by atomic mass is 16.5. The number of aromatic nitrogens is 3. The van der Waals surface area contributed by atoms with Crippen molar-refractivity contribution in [2.45, 2.75) is 26.9 Å². The Bertz CT molecular complexity index is 899. The number of hydrogen-bond donors (Lipinski definition) is 2. The highest BCUT2D eigenvalue weighted by Gasteiger charge is 2.17. The lowest BCUT2D eigenvalue weighted by Gasteiger charge is -2.11. The third-order valence-electron chi connectivity index (χ3n) is 3.60. The van der Waals surface area contributed by atoms with Crippen LogP contribution in [0.15, 0.2) is 48.5 Å². The molecule has 3 N–H and O–H groups in total. The zero-order chi connectivity index (χ0) is 18.7. The number of hydrogen-bond acceptors (Lipinski definition) is 6. The van der Waals surface area contributed by atoms with Gasteiger partial charge in [-0.15, -0.1) is 5.10 Å². The van der Waals surface area contributed by atoms with E-state index in [1.165, 1.54) is 4.68 Å². The third-order valence-corrected chi connectivity index (χ3v) is 3.60. The Kier molecular flexibility index (Phi) is 4.88. The predicted molar refractivity (Wildman–Crippen MR) is 101 cm³/mol. The molecule has 26 heavy (non-hydrogen) atoms. The van der Waals surface area contributed by atoms with Crippen molar-refractivity contribution in [2.75, 3.05) is 11.1 Å². The molecule has 3 aromatic rings. The highest BCUT2D eigenvalue weighted by molar-refractivity contribution is 5.97. The molecule has 0 bridgehead atoms. The van der Waals surface area contributed by atoms with Crippen LogP contribution in [-0.2, 0) is 0 Å². The van der Waals surface area contributed by atoms with Gasteiger partial charge in [0.1, 0.15) is 5.75 Å². The van der Waals surface area contributed by atoms with Crippen LogP contribution >= 0.6 is 0 Å². The van der Waals surface area contributed by atoms with E-state index < -0.39 is 0 Å². The van der Waals surface area contributed by atoms with Gasteiger partial charge in [0.25, 0.3) is 5.91 Å². The lowest BCUT2D eigenvalue weighted by Crippen LogP contribution is -2.16. The van der Waals surface area contributed by atoms with E-state index in [1.54, 1.807) is 12.1 Å². The van der Waals surface area contributed by atoms with Crippen LogP contribution in [0.2, 0.25) is 0 Å². The van der Waals surface area contributed by atoms with Crippen LogP contribution < -0.4 is 15.8 Å². The molecule has 2 aromatic carbocycles. The maximum atomic E-state index is 12.7. The van der Waals surface area contributed by atoms with Gasteiger partial charge in [-0.1, -0.05) is 17.7 Å². The summed E-state index contributed by atoms with van der Waals surface area (Å²) >= 11 is 0. The van der Waals surface area contributed by atoms with E-state index in [0.29, 0.717) is 5.56 Å². The Morgan fingerprint density at radius 1 is 1.12 bits per heavy atom. The number of carbonyl (C=O) groups excluding carboxylic acids is 1. The molecule has 0 radical (unpaired) electrons. The molecule has 1 aromatic heterocycles. The molecule has 134 valence electrons. The highest BCUT2D eigenvalue weighted by Crippen LogP contribution is 2.21. The van der Waals surface area contributed by atoms with E-state index in [2.05, 4.69) is 15.4 Å². The van der Waals surface area contributed by atoms with Gasteiger partial charge >= 0.3 is 0 Å². The number of rotatable bonds is 5. The Morgan fingerprint density at radius 2 is 1.77 bits per heavy atom. The minimum Gasteiger partial charge on any atom is -0.491 e. The van der Waals surface area contributed by atoms with Crippen LogP contribution in [0, 0.1) is 6.92 Å². The maximum absolute atomic E-state index is 12.7. The molecule has 0 aliphatic heterocycles. The molecule has 0 atom stereocenters. The first-order chi connectivity index (χ1) is 12.4. The first kappa shape index (κ1) is 17.5. The quantitative estimate of drug-likeness (QED) is 0.731. The zero-order valence-electron chi connectivity index (χ0n) is 14.9. The summed E-state index contributed by atoms with van der Waals surface area (Å²) in [4.78, 5) is 16.8. The number of anilines is 3. The van der Waals surface area contributed by atoms with Gasteiger partial charge in [0.2, 0.25) is 11.9 Å². The van der Waals surface area contributed by atoms with Crippen molar-refractivity contribution >= 4 is 23.5 Å². The number of nitrogens with two attached hydrogens (primary N) is 1. The molecule has 0 saturated heterocycles. The Morgan fingerprint density at radius 3 is 2.38 bits per heavy atom. The Labute approximate surface area is 151 Å². The van der Waals surface area contributed by atoms with Crippen LogP contribution in [0.3, 0.4) is 0 Å². The summed E-state index contributed by atoms with van der Waals surface area (Å²) in [5.74, 6) is 0.733. The van der Waals surface area contributed by atoms with Crippen molar-refractivity contribution in [3.05, 3.63) is 59.7 Å². The molecular weight excluding hydrogens is 330 g/mol. The number of nitrogens with one attached hydrogen (secondary N) is 1. The number of nitrogens with zero attached hydrogens (tertiary/aromatic N) is 3. The van der Waals surface area contributed by atoms with Crippen molar-refractivity contribution < 1.29 is 9.53 Å². The largest absolute Gasteiger partial charge is 0.491 e. The summed E-state index contributed by atoms with van der Waals surface area (Å²) < 4.78 is 6.78. The summed E-state index contributed by atoms with van der Waals surface area (Å²) in [5.41, 5.74) is 8.01. The fraction of sp³-hybridized carbons (Fsp3) is 0.211. The lowest BCUT2D eigenvalue weighted by atomic mass is 10.1. The molecule has 0 aliphatic carbocycles. The number of ether oxygens (including phenoxy) is 1. The molecule has 3 rings (SSSR count). The molecule has 0 fully saturated rings. The van der Waals surface area contributed by atoms with E-state index in [9.17, 15) is 4.79 Å². The van der Waals surface area contributed by atoms with Crippen molar-refractivity contribution in [2.24, 2.45) is 0 Å². The van der Waals surface area contributed by atoms with Gasteiger partial charge in [-0.2, -0.15) is 9.67 Å². The normalized spacial score (nSPS) is 10.8. The minimum absolute atomic E-state index is 0.0210. The fourth-order valence-corrected chi connectivity index (χ4v) is 2.39. The van der Waals surface area contributed by atoms with Crippen LogP contribution in [0.5, 0.6) is 5.75 Å². The molecule has 0 aliphatic rings. The van der Waals surface area contributed by atoms with Gasteiger partial charge in [-0.05, 0) is 57.2 Å². The second-order valence-electron chi connectivity index (χ2n) is 6.19. The Hall–Kier alpha value is -3.35. The van der Waals surface area contributed by atoms with Crippen LogP contribution in [0.4, 0.5) is 17.6 Å². The molecule has 0 spiro atoms. The van der Waals surface area contributed by atoms with Gasteiger partial charge in [0, 0.05) is 11.3 Å². The smallest absolute Gasteiger partial charge is 0.281 e. The molecule has 0 saturated carbocycles. The van der Waals surface area contributed by atoms with Gasteiger partial charge in [0.15, 0.2) is 0 Å². The van der Waals surface area contributed by atoms with Gasteiger partial charge in [-0.25, -0.2) is 0 Å². The minimum atomic E-state index is -0.309. The zero-order valence-corrected chi connectivity index (χ0v) is 14.9. The van der Waals surface area contributed by atoms with Gasteiger partial charge in [-0.3, -0.25) is 4.79 Å². The first-order valence-electron chi connectivity index (χ1n) is 8.30. The summed E-state index contributed by atoms with van der Waals surface area (Å²) in [7, 11) is 0. The summed E-state index contributed by atoms with van der Waals surface area (Å²) in [6.45, 7) is 5.89. The third kappa shape index (κ3) is 4.00. The number of carbonyl (C=O) groups is 1. The van der Waals surface area contributed by atoms with E-state index in [1.807, 2.05) is 57.2 Å². The van der Waals surface area contributed by atoms with Crippen LogP contribution in [0.1, 0.15) is 29.8 Å². The van der Waals surface area contributed by atoms with Crippen molar-refractivity contribution in [1.29, 1.82) is 0 Å². The van der Waals surface area contributed by atoms with Gasteiger partial charge < -0.3 is 15.8 Å². The standard InChI is InChI=1S/C19H21N5O2/c1-12(2)26-16-10-8-15(9-11-16)21-19-22-18(20)23-24(19)17(25)14-6-4-13(3)5-7-14/h4-12H,1-3H3,(H3,20,21,22,23). The summed E-state index contributed by atoms with van der Waals surface area (Å²) in [6, 6.07) is 14.6. The average molecular weight is 351 g/mol. The Balaban J connectivity index is 1.83. The van der Waals surface area contributed by atoms with E-state index >= 15 is 0 Å². The van der Waals surface area contributed by atoms with Crippen molar-refractivity contribution in [3.63, 3.8) is 0 Å². The fourth-order valence-electron chi connectivity index (χ4n) is 2.39. The van der Waals surface area contributed by atoms with Crippen molar-refractivity contribution in [1.82, 2.24) is 14.8 Å². The molecular formula is C19H21N5O2. The second-order valence-corrected chi connectivity index (χ2v) is 6.19. The van der Waals surface area contributed by atoms with Gasteiger partial charge in [0.05, 0.1) is 6.10 Å². The predicted octanol–water partition coefficient (Wildman–Crippen LogP) is 3.39. The number of nitrogen functional groups attached to an aromatic ring is 1. The maximum Gasteiger partial charge on any atom is 0.281 e. The molecule has 7 nitrogen and oxygen atoms in total. The molecule has 7 heteroatoms. The summed E-state index contributed by atoms with van der Waals surface area (Å²) in [5, 5.41) is 7.08. The SMILES string of the molecule is Cc1ccc(C(=O)n2nc(N)nc2Nc2ccc(OC(C)C)cc2)cc1. The van der Waals surface area contributed by atoms with E-state index in [-0.39, 0.29) is 23.9 Å². The first-order valence-corrected chi connectivity index (χ1v) is 8.30. The molecule has 1 heterocycles. The monoisotopic (exact) mass is 351 g/mol. The van der Waals surface area contributed by atoms with E-state index in [4.69, 9.17) is 10.5 Å². The average Bonchev–Trinajstić information content (AvgIpc) is 2.96. The van der Waals surface area contributed by atoms with Crippen LogP contribution in [0.25, 0.3) is 0 Å². The molecule has 0 unspecified atom stereocenters.